The van der Waals surface area contributed by atoms with Gasteiger partial charge in [0.1, 0.15) is 0 Å². The number of rotatable bonds is 4. The molecule has 2 rings (SSSR count). The van der Waals surface area contributed by atoms with E-state index in [0.717, 1.165) is 23.9 Å². The SMILES string of the molecule is Cc1cccc(Nc2nc(C)cn2CC(C)C)c1. The van der Waals surface area contributed by atoms with Crippen molar-refractivity contribution in [2.45, 2.75) is 34.2 Å². The van der Waals surface area contributed by atoms with Crippen LogP contribution in [0.1, 0.15) is 25.1 Å². The van der Waals surface area contributed by atoms with Crippen LogP contribution < -0.4 is 5.32 Å². The molecule has 0 aliphatic heterocycles. The minimum atomic E-state index is 0.608. The Bertz CT molecular complexity index is 526. The third-order valence-electron chi connectivity index (χ3n) is 2.73. The van der Waals surface area contributed by atoms with Gasteiger partial charge in [-0.25, -0.2) is 4.98 Å². The summed E-state index contributed by atoms with van der Waals surface area (Å²) < 4.78 is 2.18. The van der Waals surface area contributed by atoms with E-state index in [4.69, 9.17) is 0 Å². The van der Waals surface area contributed by atoms with Gasteiger partial charge in [-0.2, -0.15) is 0 Å². The molecule has 0 aliphatic rings. The van der Waals surface area contributed by atoms with Crippen LogP contribution in [0.15, 0.2) is 30.5 Å². The summed E-state index contributed by atoms with van der Waals surface area (Å²) >= 11 is 0. The summed E-state index contributed by atoms with van der Waals surface area (Å²) in [5.41, 5.74) is 3.38. The van der Waals surface area contributed by atoms with Gasteiger partial charge in [0, 0.05) is 18.4 Å². The molecular formula is C15H21N3. The molecule has 0 radical (unpaired) electrons. The Morgan fingerprint density at radius 3 is 2.72 bits per heavy atom. The molecule has 2 aromatic rings. The first-order valence-electron chi connectivity index (χ1n) is 6.42. The van der Waals surface area contributed by atoms with Gasteiger partial charge in [0.25, 0.3) is 0 Å². The second-order valence-corrected chi connectivity index (χ2v) is 5.25. The highest BCUT2D eigenvalue weighted by Crippen LogP contribution is 2.18. The minimum absolute atomic E-state index is 0.608. The maximum Gasteiger partial charge on any atom is 0.207 e. The van der Waals surface area contributed by atoms with Crippen molar-refractivity contribution in [3.63, 3.8) is 0 Å². The van der Waals surface area contributed by atoms with Crippen LogP contribution in [0.2, 0.25) is 0 Å². The van der Waals surface area contributed by atoms with E-state index in [1.54, 1.807) is 0 Å². The van der Waals surface area contributed by atoms with Gasteiger partial charge in [-0.15, -0.1) is 0 Å². The maximum atomic E-state index is 4.54. The normalized spacial score (nSPS) is 10.9. The van der Waals surface area contributed by atoms with Gasteiger partial charge in [0.15, 0.2) is 0 Å². The van der Waals surface area contributed by atoms with Crippen molar-refractivity contribution in [3.05, 3.63) is 41.7 Å². The lowest BCUT2D eigenvalue weighted by molar-refractivity contribution is 0.527. The average molecular weight is 243 g/mol. The average Bonchev–Trinajstić information content (AvgIpc) is 2.58. The van der Waals surface area contributed by atoms with Crippen molar-refractivity contribution in [1.29, 1.82) is 0 Å². The molecule has 1 aromatic carbocycles. The van der Waals surface area contributed by atoms with Gasteiger partial charge < -0.3 is 9.88 Å². The van der Waals surface area contributed by atoms with Crippen molar-refractivity contribution in [2.24, 2.45) is 5.92 Å². The summed E-state index contributed by atoms with van der Waals surface area (Å²) in [6.07, 6.45) is 2.10. The monoisotopic (exact) mass is 243 g/mol. The summed E-state index contributed by atoms with van der Waals surface area (Å²) in [7, 11) is 0. The van der Waals surface area contributed by atoms with Crippen molar-refractivity contribution in [2.75, 3.05) is 5.32 Å². The van der Waals surface area contributed by atoms with Gasteiger partial charge in [0.05, 0.1) is 5.69 Å². The maximum absolute atomic E-state index is 4.54. The van der Waals surface area contributed by atoms with Gasteiger partial charge in [0.2, 0.25) is 5.95 Å². The molecule has 1 heterocycles. The van der Waals surface area contributed by atoms with E-state index in [-0.39, 0.29) is 0 Å². The molecule has 1 N–H and O–H groups in total. The molecule has 18 heavy (non-hydrogen) atoms. The molecule has 0 unspecified atom stereocenters. The molecular weight excluding hydrogens is 222 g/mol. The molecule has 0 saturated carbocycles. The zero-order chi connectivity index (χ0) is 13.1. The first kappa shape index (κ1) is 12.7. The Kier molecular flexibility index (Phi) is 3.70. The van der Waals surface area contributed by atoms with Crippen LogP contribution in [0, 0.1) is 19.8 Å². The Morgan fingerprint density at radius 2 is 2.06 bits per heavy atom. The van der Waals surface area contributed by atoms with E-state index in [1.807, 2.05) is 6.92 Å². The van der Waals surface area contributed by atoms with E-state index in [9.17, 15) is 0 Å². The summed E-state index contributed by atoms with van der Waals surface area (Å²) in [5.74, 6) is 1.53. The van der Waals surface area contributed by atoms with Crippen LogP contribution >= 0.6 is 0 Å². The molecule has 3 heteroatoms. The lowest BCUT2D eigenvalue weighted by Crippen LogP contribution is -2.07. The van der Waals surface area contributed by atoms with E-state index in [2.05, 4.69) is 66.1 Å². The summed E-state index contributed by atoms with van der Waals surface area (Å²) in [6, 6.07) is 8.34. The molecule has 0 atom stereocenters. The standard InChI is InChI=1S/C15H21N3/c1-11(2)9-18-10-13(4)16-15(18)17-14-7-5-6-12(3)8-14/h5-8,10-11H,9H2,1-4H3,(H,16,17). The zero-order valence-corrected chi connectivity index (χ0v) is 11.6. The topological polar surface area (TPSA) is 29.9 Å². The Labute approximate surface area is 109 Å². The highest BCUT2D eigenvalue weighted by Gasteiger charge is 2.07. The molecule has 0 saturated heterocycles. The smallest absolute Gasteiger partial charge is 0.207 e. The molecule has 1 aromatic heterocycles. The third kappa shape index (κ3) is 3.13. The van der Waals surface area contributed by atoms with Crippen LogP contribution in [-0.4, -0.2) is 9.55 Å². The first-order valence-corrected chi connectivity index (χ1v) is 6.42. The Hall–Kier alpha value is -1.77. The van der Waals surface area contributed by atoms with Crippen molar-refractivity contribution >= 4 is 11.6 Å². The Balaban J connectivity index is 2.23. The highest BCUT2D eigenvalue weighted by atomic mass is 15.2. The number of benzene rings is 1. The summed E-state index contributed by atoms with van der Waals surface area (Å²) in [6.45, 7) is 9.53. The number of hydrogen-bond acceptors (Lipinski definition) is 2. The minimum Gasteiger partial charge on any atom is -0.326 e. The second kappa shape index (κ2) is 5.25. The van der Waals surface area contributed by atoms with Crippen LogP contribution in [0.5, 0.6) is 0 Å². The van der Waals surface area contributed by atoms with Crippen LogP contribution in [0.3, 0.4) is 0 Å². The largest absolute Gasteiger partial charge is 0.326 e. The van der Waals surface area contributed by atoms with Crippen LogP contribution in [-0.2, 0) is 6.54 Å². The molecule has 0 aliphatic carbocycles. The van der Waals surface area contributed by atoms with Crippen molar-refractivity contribution in [1.82, 2.24) is 9.55 Å². The fourth-order valence-corrected chi connectivity index (χ4v) is 2.03. The van der Waals surface area contributed by atoms with Crippen LogP contribution in [0.25, 0.3) is 0 Å². The molecule has 0 fully saturated rings. The predicted molar refractivity (Wildman–Crippen MR) is 76.3 cm³/mol. The molecule has 96 valence electrons. The van der Waals surface area contributed by atoms with Crippen molar-refractivity contribution in [3.8, 4) is 0 Å². The van der Waals surface area contributed by atoms with Gasteiger partial charge >= 0.3 is 0 Å². The molecule has 0 bridgehead atoms. The number of aryl methyl sites for hydroxylation is 2. The fourth-order valence-electron chi connectivity index (χ4n) is 2.03. The quantitative estimate of drug-likeness (QED) is 0.882. The number of anilines is 2. The molecule has 0 spiro atoms. The number of nitrogens with one attached hydrogen (secondary N) is 1. The number of hydrogen-bond donors (Lipinski definition) is 1. The molecule has 3 nitrogen and oxygen atoms in total. The highest BCUT2D eigenvalue weighted by molar-refractivity contribution is 5.54. The van der Waals surface area contributed by atoms with Gasteiger partial charge in [-0.05, 0) is 37.5 Å². The lowest BCUT2D eigenvalue weighted by atomic mass is 10.2. The van der Waals surface area contributed by atoms with E-state index < -0.39 is 0 Å². The zero-order valence-electron chi connectivity index (χ0n) is 11.6. The lowest BCUT2D eigenvalue weighted by Gasteiger charge is -2.12. The van der Waals surface area contributed by atoms with E-state index in [0.29, 0.717) is 5.92 Å². The van der Waals surface area contributed by atoms with E-state index >= 15 is 0 Å². The van der Waals surface area contributed by atoms with E-state index in [1.165, 1.54) is 5.56 Å². The fraction of sp³-hybridized carbons (Fsp3) is 0.400. The number of nitrogens with zero attached hydrogens (tertiary/aromatic N) is 2. The molecule has 0 amide bonds. The summed E-state index contributed by atoms with van der Waals surface area (Å²) in [5, 5.41) is 3.39. The number of imidazole rings is 1. The van der Waals surface area contributed by atoms with Crippen LogP contribution in [0.4, 0.5) is 11.6 Å². The predicted octanol–water partition coefficient (Wildman–Crippen LogP) is 3.90. The first-order chi connectivity index (χ1) is 8.54. The van der Waals surface area contributed by atoms with Gasteiger partial charge in [-0.1, -0.05) is 26.0 Å². The summed E-state index contributed by atoms with van der Waals surface area (Å²) in [4.78, 5) is 4.54. The third-order valence-corrected chi connectivity index (χ3v) is 2.73. The van der Waals surface area contributed by atoms with Gasteiger partial charge in [-0.3, -0.25) is 0 Å². The second-order valence-electron chi connectivity index (χ2n) is 5.25. The number of aromatic nitrogens is 2. The Morgan fingerprint density at radius 1 is 1.28 bits per heavy atom. The van der Waals surface area contributed by atoms with Crippen molar-refractivity contribution < 1.29 is 0 Å².